The average molecular weight is 747 g/mol. The number of likely N-dealkylation sites (N-methyl/N-ethyl adjacent to an activating group) is 1. The molecule has 4 heterocycles. The number of methoxy groups -OCH3 is 1. The molecule has 14 nitrogen and oxygen atoms in total. The van der Waals surface area contributed by atoms with Crippen LogP contribution in [-0.2, 0) is 38.0 Å². The van der Waals surface area contributed by atoms with Crippen molar-refractivity contribution >= 4 is 5.97 Å². The van der Waals surface area contributed by atoms with E-state index in [1.807, 2.05) is 53.6 Å². The fourth-order valence-electron chi connectivity index (χ4n) is 9.03. The molecular weight excluding hydrogens is 676 g/mol. The molecule has 18 atom stereocenters. The number of ether oxygens (including phenoxy) is 7. The Morgan fingerprint density at radius 1 is 0.981 bits per heavy atom. The summed E-state index contributed by atoms with van der Waals surface area (Å²) in [7, 11) is 5.42. The Morgan fingerprint density at radius 2 is 1.62 bits per heavy atom. The van der Waals surface area contributed by atoms with E-state index < -0.39 is 95.5 Å². The molecule has 4 fully saturated rings. The van der Waals surface area contributed by atoms with Gasteiger partial charge in [-0.3, -0.25) is 4.79 Å². The summed E-state index contributed by atoms with van der Waals surface area (Å²) in [6.45, 7) is 18.9. The van der Waals surface area contributed by atoms with Crippen LogP contribution >= 0.6 is 0 Å². The van der Waals surface area contributed by atoms with Gasteiger partial charge in [-0.2, -0.15) is 0 Å². The molecule has 0 amide bonds. The van der Waals surface area contributed by atoms with Crippen LogP contribution < -0.4 is 5.32 Å². The maximum Gasteiger partial charge on any atom is 0.311 e. The lowest BCUT2D eigenvalue weighted by Gasteiger charge is -2.49. The maximum atomic E-state index is 14.2. The number of nitrogens with zero attached hydrogens (tertiary/aromatic N) is 1. The number of rotatable bonds is 7. The van der Waals surface area contributed by atoms with E-state index >= 15 is 0 Å². The zero-order chi connectivity index (χ0) is 39.1. The van der Waals surface area contributed by atoms with E-state index in [-0.39, 0.29) is 30.9 Å². The lowest BCUT2D eigenvalue weighted by molar-refractivity contribution is -0.315. The molecule has 304 valence electrons. The first-order valence-electron chi connectivity index (χ1n) is 19.3. The summed E-state index contributed by atoms with van der Waals surface area (Å²) in [6, 6.07) is -0.831. The minimum absolute atomic E-state index is 0.139. The summed E-state index contributed by atoms with van der Waals surface area (Å²) in [4.78, 5) is 16.1. The van der Waals surface area contributed by atoms with Crippen molar-refractivity contribution in [2.75, 3.05) is 34.4 Å². The molecule has 5 N–H and O–H groups in total. The van der Waals surface area contributed by atoms with Crippen LogP contribution in [0.25, 0.3) is 0 Å². The molecule has 0 bridgehead atoms. The van der Waals surface area contributed by atoms with Gasteiger partial charge in [-0.25, -0.2) is 0 Å². The van der Waals surface area contributed by atoms with Crippen molar-refractivity contribution in [3.8, 4) is 0 Å². The van der Waals surface area contributed by atoms with E-state index in [0.29, 0.717) is 26.0 Å². The molecule has 0 aromatic carbocycles. The standard InChI is InChI=1S/C38H70N2O12/c1-14-27-37(10,45)31(42)24(6)39-18-20(2)16-35(8,44)32(52-34-29(41)26(40(11)12)15-21(3)48-34)22(4)30(23(5)33(43)50-27)51-28-17-36(9,46-13)38(19-47-38)25(7)49-28/h20-32,34,39,41-42,44-45H,14-19H2,1-13H3/t20-,21+,22+,23-,24-,25+,26-,27-,28+,29+,30+,31-,32-,34-,35-,36-,37-,38+/m1/s1. The normalized spacial score (nSPS) is 51.5. The summed E-state index contributed by atoms with van der Waals surface area (Å²) in [5.41, 5.74) is -4.68. The van der Waals surface area contributed by atoms with Crippen molar-refractivity contribution in [3.63, 3.8) is 0 Å². The summed E-state index contributed by atoms with van der Waals surface area (Å²) >= 11 is 0. The average Bonchev–Trinajstić information content (AvgIpc) is 3.88. The van der Waals surface area contributed by atoms with Crippen LogP contribution in [0.3, 0.4) is 0 Å². The second-order valence-corrected chi connectivity index (χ2v) is 17.3. The molecule has 4 aliphatic heterocycles. The number of hydrogen-bond donors (Lipinski definition) is 5. The van der Waals surface area contributed by atoms with Crippen LogP contribution in [0, 0.1) is 17.8 Å². The lowest BCUT2D eigenvalue weighted by Crippen LogP contribution is -2.61. The third kappa shape index (κ3) is 8.84. The highest BCUT2D eigenvalue weighted by molar-refractivity contribution is 5.73. The molecule has 4 saturated heterocycles. The highest BCUT2D eigenvalue weighted by Crippen LogP contribution is 2.51. The van der Waals surface area contributed by atoms with Crippen molar-refractivity contribution in [2.45, 2.75) is 185 Å². The van der Waals surface area contributed by atoms with Crippen LogP contribution in [-0.4, -0.2) is 155 Å². The van der Waals surface area contributed by atoms with Gasteiger partial charge in [-0.1, -0.05) is 20.8 Å². The summed E-state index contributed by atoms with van der Waals surface area (Å²) in [5, 5.41) is 50.2. The Morgan fingerprint density at radius 3 is 2.17 bits per heavy atom. The van der Waals surface area contributed by atoms with E-state index in [4.69, 9.17) is 33.2 Å². The number of aliphatic hydroxyl groups excluding tert-OH is 2. The van der Waals surface area contributed by atoms with E-state index in [2.05, 4.69) is 5.32 Å². The van der Waals surface area contributed by atoms with Gasteiger partial charge in [0, 0.05) is 31.5 Å². The van der Waals surface area contributed by atoms with Crippen LogP contribution in [0.5, 0.6) is 0 Å². The predicted molar refractivity (Wildman–Crippen MR) is 192 cm³/mol. The minimum atomic E-state index is -1.78. The van der Waals surface area contributed by atoms with Gasteiger partial charge in [0.25, 0.3) is 0 Å². The quantitative estimate of drug-likeness (QED) is 0.189. The number of carbonyl (C=O) groups is 1. The molecule has 4 rings (SSSR count). The van der Waals surface area contributed by atoms with Crippen LogP contribution in [0.4, 0.5) is 0 Å². The van der Waals surface area contributed by atoms with Crippen LogP contribution in [0.1, 0.15) is 94.9 Å². The Kier molecular flexibility index (Phi) is 14.0. The molecule has 0 aromatic heterocycles. The van der Waals surface area contributed by atoms with Gasteiger partial charge in [-0.05, 0) is 94.3 Å². The van der Waals surface area contributed by atoms with Gasteiger partial charge in [0.1, 0.15) is 35.1 Å². The van der Waals surface area contributed by atoms with Crippen molar-refractivity contribution in [1.82, 2.24) is 10.2 Å². The van der Waals surface area contributed by atoms with Crippen molar-refractivity contribution in [1.29, 1.82) is 0 Å². The smallest absolute Gasteiger partial charge is 0.311 e. The molecule has 0 aromatic rings. The fraction of sp³-hybridized carbons (Fsp3) is 0.974. The molecule has 0 aliphatic carbocycles. The largest absolute Gasteiger partial charge is 0.459 e. The summed E-state index contributed by atoms with van der Waals surface area (Å²) in [5.74, 6) is -2.48. The number of cyclic esters (lactones) is 1. The molecule has 14 heteroatoms. The third-order valence-corrected chi connectivity index (χ3v) is 12.6. The summed E-state index contributed by atoms with van der Waals surface area (Å²) in [6.07, 6.45) is -6.51. The number of hydrogen-bond acceptors (Lipinski definition) is 14. The van der Waals surface area contributed by atoms with Gasteiger partial charge in [0.2, 0.25) is 0 Å². The fourth-order valence-corrected chi connectivity index (χ4v) is 9.03. The van der Waals surface area contributed by atoms with E-state index in [0.717, 1.165) is 0 Å². The highest BCUT2D eigenvalue weighted by Gasteiger charge is 2.67. The number of aliphatic hydroxyl groups is 4. The van der Waals surface area contributed by atoms with Gasteiger partial charge in [0.15, 0.2) is 12.6 Å². The minimum Gasteiger partial charge on any atom is -0.459 e. The molecule has 4 aliphatic rings. The van der Waals surface area contributed by atoms with Gasteiger partial charge < -0.3 is 63.8 Å². The van der Waals surface area contributed by atoms with Crippen molar-refractivity contribution in [2.24, 2.45) is 17.8 Å². The molecule has 0 saturated carbocycles. The molecule has 52 heavy (non-hydrogen) atoms. The Balaban J connectivity index is 1.79. The third-order valence-electron chi connectivity index (χ3n) is 12.6. The zero-order valence-electron chi connectivity index (χ0n) is 33.8. The van der Waals surface area contributed by atoms with Crippen molar-refractivity contribution < 1.29 is 58.4 Å². The van der Waals surface area contributed by atoms with E-state index in [1.54, 1.807) is 34.8 Å². The maximum absolute atomic E-state index is 14.2. The Hall–Kier alpha value is -1.01. The van der Waals surface area contributed by atoms with Gasteiger partial charge in [0.05, 0.1) is 42.5 Å². The van der Waals surface area contributed by atoms with E-state index in [9.17, 15) is 25.2 Å². The first kappa shape index (κ1) is 43.7. The molecule has 0 unspecified atom stereocenters. The van der Waals surface area contributed by atoms with Gasteiger partial charge >= 0.3 is 5.97 Å². The second-order valence-electron chi connectivity index (χ2n) is 17.3. The molecular formula is C38H70N2O12. The first-order valence-corrected chi connectivity index (χ1v) is 19.3. The Bertz CT molecular complexity index is 1180. The van der Waals surface area contributed by atoms with Crippen molar-refractivity contribution in [3.05, 3.63) is 0 Å². The first-order chi connectivity index (χ1) is 24.0. The van der Waals surface area contributed by atoms with E-state index in [1.165, 1.54) is 6.92 Å². The number of nitrogens with one attached hydrogen (secondary N) is 1. The number of carbonyl (C=O) groups excluding carboxylic acids is 1. The Labute approximate surface area is 311 Å². The number of epoxide rings is 1. The molecule has 0 radical (unpaired) electrons. The summed E-state index contributed by atoms with van der Waals surface area (Å²) < 4.78 is 44.1. The topological polar surface area (TPSA) is 181 Å². The SMILES string of the molecule is CC[C@H]1OC(=O)[C@H](C)[C@@H](O[C@H]2C[C@@](C)(OC)[C@]3(CO3)[C@H](C)O2)[C@H](C)[C@@H](O[C@H]2O[C@@H](C)C[C@@H](N(C)C)[C@@H]2O)[C@](C)(O)C[C@@H](C)CN[C@H](C)[C@@H](O)[C@]1(C)O. The monoisotopic (exact) mass is 746 g/mol. The number of esters is 1. The lowest BCUT2D eigenvalue weighted by atomic mass is 9.77. The highest BCUT2D eigenvalue weighted by atomic mass is 16.7. The zero-order valence-corrected chi connectivity index (χ0v) is 33.8. The van der Waals surface area contributed by atoms with Gasteiger partial charge in [-0.15, -0.1) is 0 Å². The molecule has 1 spiro atoms. The second kappa shape index (κ2) is 16.6. The van der Waals surface area contributed by atoms with Crippen LogP contribution in [0.15, 0.2) is 0 Å². The van der Waals surface area contributed by atoms with Crippen LogP contribution in [0.2, 0.25) is 0 Å². The predicted octanol–water partition coefficient (Wildman–Crippen LogP) is 1.97.